The van der Waals surface area contributed by atoms with Gasteiger partial charge in [0.05, 0.1) is 5.69 Å². The van der Waals surface area contributed by atoms with Crippen molar-refractivity contribution >= 4 is 29.4 Å². The highest BCUT2D eigenvalue weighted by Gasteiger charge is 2.82. The maximum Gasteiger partial charge on any atom is 0.408 e. The second kappa shape index (κ2) is 11.6. The molecule has 5 rings (SSSR count). The van der Waals surface area contributed by atoms with Gasteiger partial charge in [-0.15, -0.1) is 0 Å². The Labute approximate surface area is 250 Å². The van der Waals surface area contributed by atoms with Gasteiger partial charge < -0.3 is 35.1 Å². The monoisotopic (exact) mass is 601 g/mol. The van der Waals surface area contributed by atoms with E-state index in [-0.39, 0.29) is 36.7 Å². The highest BCUT2D eigenvalue weighted by atomic mass is 16.6. The molecular weight excluding hydrogens is 558 g/mol. The number of anilines is 1. The fourth-order valence-electron chi connectivity index (χ4n) is 6.35. The number of nitrogens with one attached hydrogen (secondary N) is 1. The van der Waals surface area contributed by atoms with Crippen molar-refractivity contribution in [2.75, 3.05) is 12.3 Å². The topological polar surface area (TPSA) is 177 Å². The highest BCUT2D eigenvalue weighted by Crippen LogP contribution is 2.66. The number of carbonyl (C=O) groups excluding carboxylic acids is 3. The van der Waals surface area contributed by atoms with Gasteiger partial charge in [0.15, 0.2) is 11.9 Å². The molecule has 0 bridgehead atoms. The van der Waals surface area contributed by atoms with Gasteiger partial charge in [-0.05, 0) is 57.6 Å². The van der Waals surface area contributed by atoms with Crippen LogP contribution in [0.25, 0.3) is 5.52 Å². The van der Waals surface area contributed by atoms with E-state index < -0.39 is 47.1 Å². The SMILES string of the molecule is CC(C)[C@H](NC(=O)OC(C)(C)C)C(=O)O[C@@H]1[C@@H](COC(=O)CC2CCCCC2)O[C@]2(c3ccc4c(N)ncnn34)C[C@@]12O. The van der Waals surface area contributed by atoms with Crippen molar-refractivity contribution in [3.63, 3.8) is 0 Å². The number of carbonyl (C=O) groups is 3. The van der Waals surface area contributed by atoms with E-state index in [1.165, 1.54) is 17.3 Å². The van der Waals surface area contributed by atoms with E-state index in [0.717, 1.165) is 25.7 Å². The molecule has 2 aromatic heterocycles. The van der Waals surface area contributed by atoms with Crippen molar-refractivity contribution in [2.24, 2.45) is 11.8 Å². The first kappa shape index (κ1) is 31.0. The average molecular weight is 602 g/mol. The fourth-order valence-corrected chi connectivity index (χ4v) is 6.35. The van der Waals surface area contributed by atoms with Gasteiger partial charge in [0.2, 0.25) is 0 Å². The Morgan fingerprint density at radius 2 is 1.93 bits per heavy atom. The standard InChI is InChI=1S/C30H43N5O8/c1-17(2)23(34-27(38)43-28(3,4)5)26(37)41-24-20(14-40-22(36)13-18-9-7-6-8-10-18)42-30(15-29(24,30)39)21-12-11-19-25(31)32-16-33-35(19)21/h11-12,16-18,20,23-24,39H,6-10,13-15H2,1-5H3,(H,34,38)(H2,31,32,33)/t20-,23+,24-,29-,30+/m1/s1. The molecule has 1 saturated heterocycles. The van der Waals surface area contributed by atoms with Crippen LogP contribution in [-0.2, 0) is 34.1 Å². The van der Waals surface area contributed by atoms with Crippen LogP contribution >= 0.6 is 0 Å². The normalized spacial score (nSPS) is 27.9. The van der Waals surface area contributed by atoms with E-state index >= 15 is 0 Å². The molecule has 0 aromatic carbocycles. The lowest BCUT2D eigenvalue weighted by molar-refractivity contribution is -0.169. The Balaban J connectivity index is 1.37. The lowest BCUT2D eigenvalue weighted by atomic mass is 9.87. The van der Waals surface area contributed by atoms with Crippen molar-refractivity contribution in [2.45, 2.75) is 115 Å². The van der Waals surface area contributed by atoms with E-state index in [0.29, 0.717) is 17.6 Å². The first-order chi connectivity index (χ1) is 20.2. The number of aliphatic hydroxyl groups is 1. The average Bonchev–Trinajstić information content (AvgIpc) is 3.20. The summed E-state index contributed by atoms with van der Waals surface area (Å²) >= 11 is 0. The molecule has 236 valence electrons. The minimum Gasteiger partial charge on any atom is -0.463 e. The Bertz CT molecular complexity index is 1370. The summed E-state index contributed by atoms with van der Waals surface area (Å²) in [5.41, 5.74) is 3.35. The molecule has 0 unspecified atom stereocenters. The molecule has 0 radical (unpaired) electrons. The van der Waals surface area contributed by atoms with Gasteiger partial charge in [-0.1, -0.05) is 33.1 Å². The summed E-state index contributed by atoms with van der Waals surface area (Å²) in [4.78, 5) is 42.8. The summed E-state index contributed by atoms with van der Waals surface area (Å²) in [6, 6.07) is 2.39. The van der Waals surface area contributed by atoms with Gasteiger partial charge in [-0.25, -0.2) is 19.1 Å². The van der Waals surface area contributed by atoms with Crippen molar-refractivity contribution < 1.29 is 38.4 Å². The van der Waals surface area contributed by atoms with Gasteiger partial charge in [0.1, 0.15) is 47.4 Å². The van der Waals surface area contributed by atoms with Crippen LogP contribution in [-0.4, -0.2) is 73.8 Å². The van der Waals surface area contributed by atoms with Crippen LogP contribution in [0.15, 0.2) is 18.5 Å². The molecular formula is C30H43N5O8. The molecule has 43 heavy (non-hydrogen) atoms. The molecule has 1 aliphatic heterocycles. The van der Waals surface area contributed by atoms with E-state index in [1.807, 2.05) is 0 Å². The molecule has 0 spiro atoms. The molecule has 3 aliphatic rings. The van der Waals surface area contributed by atoms with E-state index in [2.05, 4.69) is 15.4 Å². The maximum atomic E-state index is 13.5. The van der Waals surface area contributed by atoms with Crippen molar-refractivity contribution in [1.29, 1.82) is 0 Å². The number of alkyl carbamates (subject to hydrolysis) is 1. The van der Waals surface area contributed by atoms with Crippen LogP contribution in [0.5, 0.6) is 0 Å². The predicted octanol–water partition coefficient (Wildman–Crippen LogP) is 3.02. The molecule has 5 atom stereocenters. The van der Waals surface area contributed by atoms with Crippen LogP contribution in [0, 0.1) is 11.8 Å². The number of nitrogens with zero attached hydrogens (tertiary/aromatic N) is 3. The summed E-state index contributed by atoms with van der Waals surface area (Å²) < 4.78 is 24.9. The van der Waals surface area contributed by atoms with E-state index in [1.54, 1.807) is 46.8 Å². The van der Waals surface area contributed by atoms with Crippen LogP contribution in [0.4, 0.5) is 10.6 Å². The Morgan fingerprint density at radius 3 is 2.60 bits per heavy atom. The molecule has 13 heteroatoms. The van der Waals surface area contributed by atoms with Crippen LogP contribution in [0.2, 0.25) is 0 Å². The number of nitrogens with two attached hydrogens (primary N) is 1. The minimum atomic E-state index is -1.65. The number of ether oxygens (including phenoxy) is 4. The summed E-state index contributed by atoms with van der Waals surface area (Å²) in [6.45, 7) is 8.45. The number of aromatic nitrogens is 3. The Morgan fingerprint density at radius 1 is 1.21 bits per heavy atom. The predicted molar refractivity (Wildman–Crippen MR) is 154 cm³/mol. The van der Waals surface area contributed by atoms with Crippen molar-refractivity contribution in [3.05, 3.63) is 24.2 Å². The highest BCUT2D eigenvalue weighted by molar-refractivity contribution is 5.82. The quantitative estimate of drug-likeness (QED) is 0.284. The van der Waals surface area contributed by atoms with Crippen molar-refractivity contribution in [3.8, 4) is 0 Å². The lowest BCUT2D eigenvalue weighted by Crippen LogP contribution is -2.51. The van der Waals surface area contributed by atoms with E-state index in [9.17, 15) is 19.5 Å². The largest absolute Gasteiger partial charge is 0.463 e. The first-order valence-electron chi connectivity index (χ1n) is 15.1. The number of hydrogen-bond acceptors (Lipinski definition) is 11. The smallest absolute Gasteiger partial charge is 0.408 e. The molecule has 13 nitrogen and oxygen atoms in total. The minimum absolute atomic E-state index is 0.103. The maximum absolute atomic E-state index is 13.5. The molecule has 2 aliphatic carbocycles. The first-order valence-corrected chi connectivity index (χ1v) is 15.1. The molecule has 2 saturated carbocycles. The zero-order valence-electron chi connectivity index (χ0n) is 25.5. The number of fused-ring (bicyclic) bond motifs is 2. The van der Waals surface area contributed by atoms with Gasteiger partial charge in [-0.2, -0.15) is 5.10 Å². The summed E-state index contributed by atoms with van der Waals surface area (Å²) in [7, 11) is 0. The fraction of sp³-hybridized carbons (Fsp3) is 0.700. The van der Waals surface area contributed by atoms with Gasteiger partial charge in [0, 0.05) is 12.8 Å². The summed E-state index contributed by atoms with van der Waals surface area (Å²) in [6.07, 6.45) is 4.14. The van der Waals surface area contributed by atoms with Crippen LogP contribution in [0.3, 0.4) is 0 Å². The number of rotatable bonds is 9. The van der Waals surface area contributed by atoms with Crippen LogP contribution < -0.4 is 11.1 Å². The molecule has 4 N–H and O–H groups in total. The number of esters is 2. The third-order valence-corrected chi connectivity index (χ3v) is 8.57. The number of amides is 1. The summed E-state index contributed by atoms with van der Waals surface area (Å²) in [5.74, 6) is -0.949. The molecule has 2 aromatic rings. The van der Waals surface area contributed by atoms with Gasteiger partial charge >= 0.3 is 18.0 Å². The number of nitrogen functional groups attached to an aromatic ring is 1. The van der Waals surface area contributed by atoms with E-state index in [4.69, 9.17) is 24.7 Å². The molecule has 3 heterocycles. The second-order valence-electron chi connectivity index (χ2n) is 13.4. The molecule has 3 fully saturated rings. The second-order valence-corrected chi connectivity index (χ2v) is 13.4. The third-order valence-electron chi connectivity index (χ3n) is 8.57. The zero-order chi connectivity index (χ0) is 31.2. The summed E-state index contributed by atoms with van der Waals surface area (Å²) in [5, 5.41) is 18.8. The third kappa shape index (κ3) is 6.14. The lowest BCUT2D eigenvalue weighted by Gasteiger charge is -2.29. The van der Waals surface area contributed by atoms with Gasteiger partial charge in [-0.3, -0.25) is 4.79 Å². The molecule has 1 amide bonds. The number of hydrogen-bond donors (Lipinski definition) is 3. The van der Waals surface area contributed by atoms with Crippen LogP contribution in [0.1, 0.15) is 85.3 Å². The van der Waals surface area contributed by atoms with Crippen molar-refractivity contribution in [1.82, 2.24) is 19.9 Å². The zero-order valence-corrected chi connectivity index (χ0v) is 25.5. The Hall–Kier alpha value is -3.45. The van der Waals surface area contributed by atoms with Gasteiger partial charge in [0.25, 0.3) is 0 Å². The Kier molecular flexibility index (Phi) is 8.34.